The van der Waals surface area contributed by atoms with Crippen LogP contribution in [0.15, 0.2) is 29.3 Å². The lowest BCUT2D eigenvalue weighted by atomic mass is 10.2. The summed E-state index contributed by atoms with van der Waals surface area (Å²) in [5, 5.41) is 6.93. The number of aliphatic imine (C=N–C) groups is 1. The van der Waals surface area contributed by atoms with Crippen molar-refractivity contribution in [3.05, 3.63) is 29.8 Å². The van der Waals surface area contributed by atoms with Crippen LogP contribution in [0.1, 0.15) is 32.3 Å². The molecule has 1 aromatic rings. The zero-order chi connectivity index (χ0) is 18.9. The third-order valence-corrected chi connectivity index (χ3v) is 6.43. The van der Waals surface area contributed by atoms with Gasteiger partial charge in [0.25, 0.3) is 0 Å². The average Bonchev–Trinajstić information content (AvgIpc) is 3.19. The van der Waals surface area contributed by atoms with Crippen LogP contribution in [0.5, 0.6) is 0 Å². The maximum absolute atomic E-state index is 4.80. The molecule has 2 aliphatic heterocycles. The summed E-state index contributed by atoms with van der Waals surface area (Å²) in [6.45, 7) is 11.7. The van der Waals surface area contributed by atoms with Gasteiger partial charge in [-0.05, 0) is 50.6 Å². The highest BCUT2D eigenvalue weighted by Crippen LogP contribution is 2.20. The van der Waals surface area contributed by atoms with Gasteiger partial charge in [-0.3, -0.25) is 4.90 Å². The first-order chi connectivity index (χ1) is 13.3. The molecule has 27 heavy (non-hydrogen) atoms. The lowest BCUT2D eigenvalue weighted by Crippen LogP contribution is -2.44. The second kappa shape index (κ2) is 10.8. The summed E-state index contributed by atoms with van der Waals surface area (Å²) < 4.78 is 0. The first-order valence-electron chi connectivity index (χ1n) is 10.5. The third kappa shape index (κ3) is 6.04. The van der Waals surface area contributed by atoms with Gasteiger partial charge in [0.15, 0.2) is 5.96 Å². The number of rotatable bonds is 7. The Morgan fingerprint density at radius 1 is 1.11 bits per heavy atom. The number of hydrogen-bond acceptors (Lipinski definition) is 4. The van der Waals surface area contributed by atoms with Gasteiger partial charge in [-0.2, -0.15) is 11.8 Å². The molecule has 2 heterocycles. The zero-order valence-electron chi connectivity index (χ0n) is 16.9. The Balaban J connectivity index is 1.52. The molecule has 0 spiro atoms. The minimum Gasteiger partial charge on any atom is -0.370 e. The number of anilines is 1. The molecule has 0 radical (unpaired) electrons. The largest absolute Gasteiger partial charge is 0.370 e. The van der Waals surface area contributed by atoms with E-state index in [0.717, 1.165) is 38.7 Å². The molecular weight excluding hydrogens is 354 g/mol. The number of hydrogen-bond donors (Lipinski definition) is 2. The Labute approximate surface area is 169 Å². The van der Waals surface area contributed by atoms with E-state index in [2.05, 4.69) is 70.3 Å². The normalized spacial score (nSPS) is 21.5. The van der Waals surface area contributed by atoms with Crippen LogP contribution in [0.2, 0.25) is 0 Å². The van der Waals surface area contributed by atoms with Gasteiger partial charge in [0.05, 0.1) is 6.54 Å². The van der Waals surface area contributed by atoms with Crippen molar-refractivity contribution in [1.82, 2.24) is 15.5 Å². The van der Waals surface area contributed by atoms with Crippen molar-refractivity contribution in [2.24, 2.45) is 4.99 Å². The minimum absolute atomic E-state index is 0.640. The quantitative estimate of drug-likeness (QED) is 0.554. The van der Waals surface area contributed by atoms with Gasteiger partial charge in [0.1, 0.15) is 0 Å². The van der Waals surface area contributed by atoms with Crippen molar-refractivity contribution in [1.29, 1.82) is 0 Å². The molecule has 0 amide bonds. The Bertz CT molecular complexity index is 583. The molecule has 1 unspecified atom stereocenters. The van der Waals surface area contributed by atoms with Crippen molar-refractivity contribution in [3.8, 4) is 0 Å². The molecule has 2 saturated heterocycles. The fourth-order valence-corrected chi connectivity index (χ4v) is 4.81. The summed E-state index contributed by atoms with van der Waals surface area (Å²) in [6, 6.07) is 9.58. The Morgan fingerprint density at radius 2 is 1.89 bits per heavy atom. The van der Waals surface area contributed by atoms with Crippen LogP contribution in [-0.4, -0.2) is 67.7 Å². The molecule has 0 aromatic heterocycles. The van der Waals surface area contributed by atoms with Gasteiger partial charge in [0.2, 0.25) is 0 Å². The van der Waals surface area contributed by atoms with Crippen LogP contribution < -0.4 is 15.5 Å². The van der Waals surface area contributed by atoms with E-state index in [1.54, 1.807) is 0 Å². The van der Waals surface area contributed by atoms with Gasteiger partial charge in [-0.25, -0.2) is 4.99 Å². The van der Waals surface area contributed by atoms with Crippen molar-refractivity contribution in [3.63, 3.8) is 0 Å². The van der Waals surface area contributed by atoms with Gasteiger partial charge < -0.3 is 15.5 Å². The van der Waals surface area contributed by atoms with E-state index in [1.165, 1.54) is 42.1 Å². The van der Waals surface area contributed by atoms with E-state index in [1.807, 2.05) is 0 Å². The fraction of sp³-hybridized carbons (Fsp3) is 0.667. The van der Waals surface area contributed by atoms with Gasteiger partial charge in [-0.1, -0.05) is 19.1 Å². The minimum atomic E-state index is 0.640. The topological polar surface area (TPSA) is 42.9 Å². The number of thioether (sulfide) groups is 1. The molecular formula is C21H35N5S. The van der Waals surface area contributed by atoms with Crippen molar-refractivity contribution >= 4 is 23.4 Å². The van der Waals surface area contributed by atoms with E-state index >= 15 is 0 Å². The summed E-state index contributed by atoms with van der Waals surface area (Å²) in [4.78, 5) is 9.84. The van der Waals surface area contributed by atoms with Crippen LogP contribution in [0.3, 0.4) is 0 Å². The van der Waals surface area contributed by atoms with Crippen LogP contribution in [-0.2, 0) is 6.54 Å². The van der Waals surface area contributed by atoms with Crippen molar-refractivity contribution in [2.45, 2.75) is 39.3 Å². The lowest BCUT2D eigenvalue weighted by molar-refractivity contribution is 0.267. The number of nitrogens with zero attached hydrogens (tertiary/aromatic N) is 3. The number of guanidine groups is 1. The van der Waals surface area contributed by atoms with Gasteiger partial charge in [0, 0.05) is 49.4 Å². The van der Waals surface area contributed by atoms with Gasteiger partial charge in [-0.15, -0.1) is 0 Å². The van der Waals surface area contributed by atoms with Crippen molar-refractivity contribution < 1.29 is 0 Å². The third-order valence-electron chi connectivity index (χ3n) is 5.49. The first-order valence-corrected chi connectivity index (χ1v) is 11.6. The second-order valence-corrected chi connectivity index (χ2v) is 8.49. The molecule has 2 fully saturated rings. The molecule has 0 aliphatic carbocycles. The standard InChI is InChI=1S/C21H35N5S/c1-3-22-21(24-17-20-6-5-11-25(20)4-2)23-16-18-7-9-19(10-8-18)26-12-14-27-15-13-26/h7-10,20H,3-6,11-17H2,1-2H3,(H2,22,23,24). The average molecular weight is 390 g/mol. The highest BCUT2D eigenvalue weighted by Gasteiger charge is 2.22. The molecule has 0 saturated carbocycles. The summed E-state index contributed by atoms with van der Waals surface area (Å²) in [6.07, 6.45) is 2.60. The molecule has 0 bridgehead atoms. The Hall–Kier alpha value is -1.40. The first kappa shape index (κ1) is 20.3. The predicted octanol–water partition coefficient (Wildman–Crippen LogP) is 2.78. The molecule has 1 atom stereocenters. The highest BCUT2D eigenvalue weighted by atomic mass is 32.2. The van der Waals surface area contributed by atoms with Crippen LogP contribution >= 0.6 is 11.8 Å². The molecule has 6 heteroatoms. The molecule has 150 valence electrons. The van der Waals surface area contributed by atoms with E-state index in [9.17, 15) is 0 Å². The molecule has 5 nitrogen and oxygen atoms in total. The Kier molecular flexibility index (Phi) is 8.14. The van der Waals surface area contributed by atoms with Crippen LogP contribution in [0, 0.1) is 0 Å². The lowest BCUT2D eigenvalue weighted by Gasteiger charge is -2.28. The van der Waals surface area contributed by atoms with E-state index in [-0.39, 0.29) is 0 Å². The maximum atomic E-state index is 4.80. The monoisotopic (exact) mass is 389 g/mol. The van der Waals surface area contributed by atoms with E-state index < -0.39 is 0 Å². The van der Waals surface area contributed by atoms with Gasteiger partial charge >= 0.3 is 0 Å². The summed E-state index contributed by atoms with van der Waals surface area (Å²) in [5.41, 5.74) is 2.60. The summed E-state index contributed by atoms with van der Waals surface area (Å²) in [7, 11) is 0. The van der Waals surface area contributed by atoms with Crippen molar-refractivity contribution in [2.75, 3.05) is 55.7 Å². The summed E-state index contributed by atoms with van der Waals surface area (Å²) >= 11 is 2.05. The smallest absolute Gasteiger partial charge is 0.191 e. The highest BCUT2D eigenvalue weighted by molar-refractivity contribution is 7.99. The number of nitrogens with one attached hydrogen (secondary N) is 2. The van der Waals surface area contributed by atoms with E-state index in [0.29, 0.717) is 12.6 Å². The van der Waals surface area contributed by atoms with Crippen LogP contribution in [0.4, 0.5) is 5.69 Å². The molecule has 2 N–H and O–H groups in total. The molecule has 1 aromatic carbocycles. The number of benzene rings is 1. The number of likely N-dealkylation sites (N-methyl/N-ethyl adjacent to an activating group) is 1. The maximum Gasteiger partial charge on any atom is 0.191 e. The van der Waals surface area contributed by atoms with Crippen LogP contribution in [0.25, 0.3) is 0 Å². The fourth-order valence-electron chi connectivity index (χ4n) is 3.90. The number of likely N-dealkylation sites (tertiary alicyclic amines) is 1. The predicted molar refractivity (Wildman–Crippen MR) is 119 cm³/mol. The summed E-state index contributed by atoms with van der Waals surface area (Å²) in [5.74, 6) is 3.40. The Morgan fingerprint density at radius 3 is 2.59 bits per heavy atom. The second-order valence-electron chi connectivity index (χ2n) is 7.27. The molecule has 3 rings (SSSR count). The molecule has 2 aliphatic rings. The zero-order valence-corrected chi connectivity index (χ0v) is 17.7. The SMILES string of the molecule is CCNC(=NCc1ccc(N2CCSCC2)cc1)NCC1CCCN1CC. The van der Waals surface area contributed by atoms with E-state index in [4.69, 9.17) is 4.99 Å².